The van der Waals surface area contributed by atoms with Gasteiger partial charge in [0.05, 0.1) is 13.2 Å². The molecule has 3 aliphatic rings. The Bertz CT molecular complexity index is 924. The zero-order chi connectivity index (χ0) is 21.3. The molecule has 0 N–H and O–H groups in total. The summed E-state index contributed by atoms with van der Waals surface area (Å²) in [4.78, 5) is 19.0. The molecule has 0 saturated carbocycles. The SMILES string of the molecule is COc1cccc2c1OC1(CCN(C(=O)CCc3cccnc3)CC1)[C@H]1CCCO[C@H]21. The third-order valence-corrected chi connectivity index (χ3v) is 7.15. The molecule has 6 heteroatoms. The van der Waals surface area contributed by atoms with Crippen LogP contribution < -0.4 is 9.47 Å². The first-order valence-corrected chi connectivity index (χ1v) is 11.3. The van der Waals surface area contributed by atoms with Crippen molar-refractivity contribution in [2.24, 2.45) is 5.92 Å². The summed E-state index contributed by atoms with van der Waals surface area (Å²) in [6, 6.07) is 10.0. The van der Waals surface area contributed by atoms with E-state index in [1.54, 1.807) is 13.3 Å². The van der Waals surface area contributed by atoms with Crippen LogP contribution in [0.1, 0.15) is 49.3 Å². The summed E-state index contributed by atoms with van der Waals surface area (Å²) < 4.78 is 18.6. The van der Waals surface area contributed by atoms with Gasteiger partial charge in [-0.25, -0.2) is 0 Å². The molecule has 0 unspecified atom stereocenters. The molecule has 5 rings (SSSR count). The minimum absolute atomic E-state index is 0.0421. The highest BCUT2D eigenvalue weighted by Crippen LogP contribution is 2.55. The number of aromatic nitrogens is 1. The van der Waals surface area contributed by atoms with Crippen molar-refractivity contribution in [2.45, 2.75) is 50.2 Å². The van der Waals surface area contributed by atoms with Crippen molar-refractivity contribution in [3.63, 3.8) is 0 Å². The Morgan fingerprint density at radius 3 is 2.90 bits per heavy atom. The fourth-order valence-electron chi connectivity index (χ4n) is 5.50. The zero-order valence-corrected chi connectivity index (χ0v) is 18.1. The Kier molecular flexibility index (Phi) is 5.57. The van der Waals surface area contributed by atoms with Gasteiger partial charge >= 0.3 is 0 Å². The monoisotopic (exact) mass is 422 g/mol. The number of carbonyl (C=O) groups excluding carboxylic acids is 1. The molecule has 0 bridgehead atoms. The van der Waals surface area contributed by atoms with E-state index in [1.807, 2.05) is 35.4 Å². The van der Waals surface area contributed by atoms with Gasteiger partial charge in [0.25, 0.3) is 0 Å². The van der Waals surface area contributed by atoms with Crippen LogP contribution in [0, 0.1) is 5.92 Å². The van der Waals surface area contributed by atoms with E-state index >= 15 is 0 Å². The van der Waals surface area contributed by atoms with Crippen LogP contribution in [-0.2, 0) is 16.0 Å². The first-order valence-electron chi connectivity index (χ1n) is 11.3. The maximum absolute atomic E-state index is 12.8. The second kappa shape index (κ2) is 8.50. The lowest BCUT2D eigenvalue weighted by Crippen LogP contribution is -2.57. The molecule has 3 aliphatic heterocycles. The molecule has 164 valence electrons. The van der Waals surface area contributed by atoms with Crippen molar-refractivity contribution in [1.82, 2.24) is 9.88 Å². The van der Waals surface area contributed by atoms with E-state index < -0.39 is 0 Å². The number of piperidine rings is 1. The number of methoxy groups -OCH3 is 1. The van der Waals surface area contributed by atoms with Gasteiger partial charge in [-0.15, -0.1) is 0 Å². The van der Waals surface area contributed by atoms with Crippen LogP contribution in [0.3, 0.4) is 0 Å². The maximum atomic E-state index is 12.8. The number of hydrogen-bond acceptors (Lipinski definition) is 5. The summed E-state index contributed by atoms with van der Waals surface area (Å²) >= 11 is 0. The number of fused-ring (bicyclic) bond motifs is 4. The largest absolute Gasteiger partial charge is 0.493 e. The molecular formula is C25H30N2O4. The lowest BCUT2D eigenvalue weighted by atomic mass is 9.70. The third kappa shape index (κ3) is 3.78. The van der Waals surface area contributed by atoms with Gasteiger partial charge < -0.3 is 19.1 Å². The van der Waals surface area contributed by atoms with Crippen molar-refractivity contribution in [2.75, 3.05) is 26.8 Å². The normalized spacial score (nSPS) is 24.1. The molecule has 0 radical (unpaired) electrons. The van der Waals surface area contributed by atoms with E-state index in [4.69, 9.17) is 14.2 Å². The first-order chi connectivity index (χ1) is 15.2. The number of rotatable bonds is 4. The summed E-state index contributed by atoms with van der Waals surface area (Å²) in [7, 11) is 1.68. The number of aryl methyl sites for hydroxylation is 1. The number of hydrogen-bond donors (Lipinski definition) is 0. The zero-order valence-electron chi connectivity index (χ0n) is 18.1. The van der Waals surface area contributed by atoms with Gasteiger partial charge in [-0.05, 0) is 37.0 Å². The van der Waals surface area contributed by atoms with Crippen LogP contribution in [0.2, 0.25) is 0 Å². The molecule has 2 fully saturated rings. The topological polar surface area (TPSA) is 60.9 Å². The van der Waals surface area contributed by atoms with Gasteiger partial charge in [0.1, 0.15) is 5.60 Å². The Morgan fingerprint density at radius 1 is 1.26 bits per heavy atom. The molecular weight excluding hydrogens is 392 g/mol. The molecule has 6 nitrogen and oxygen atoms in total. The third-order valence-electron chi connectivity index (χ3n) is 7.15. The lowest BCUT2D eigenvalue weighted by molar-refractivity contribution is -0.157. The first kappa shape index (κ1) is 20.3. The molecule has 1 aromatic heterocycles. The van der Waals surface area contributed by atoms with E-state index in [1.165, 1.54) is 0 Å². The second-order valence-electron chi connectivity index (χ2n) is 8.83. The number of pyridine rings is 1. The van der Waals surface area contributed by atoms with Gasteiger partial charge in [0, 0.05) is 62.8 Å². The van der Waals surface area contributed by atoms with Crippen LogP contribution >= 0.6 is 0 Å². The average molecular weight is 423 g/mol. The van der Waals surface area contributed by atoms with Crippen molar-refractivity contribution in [3.05, 3.63) is 53.9 Å². The summed E-state index contributed by atoms with van der Waals surface area (Å²) in [5, 5.41) is 0. The number of para-hydroxylation sites is 1. The predicted molar refractivity (Wildman–Crippen MR) is 116 cm³/mol. The van der Waals surface area contributed by atoms with Crippen LogP contribution in [-0.4, -0.2) is 48.2 Å². The number of ether oxygens (including phenoxy) is 3. The summed E-state index contributed by atoms with van der Waals surface area (Å²) in [5.74, 6) is 2.11. The van der Waals surface area contributed by atoms with Gasteiger partial charge in [0.2, 0.25) is 5.91 Å². The standard InChI is InChI=1S/C25H30N2O4/c1-29-21-8-2-6-19-23-20(7-4-16-30-23)25(31-24(19)21)11-14-27(15-12-25)22(28)10-9-18-5-3-13-26-17-18/h2-3,5-6,8,13,17,20,23H,4,7,9-12,14-16H2,1H3/t20-,23+/m0/s1. The lowest BCUT2D eigenvalue weighted by Gasteiger charge is -2.53. The summed E-state index contributed by atoms with van der Waals surface area (Å²) in [6.45, 7) is 2.23. The molecule has 31 heavy (non-hydrogen) atoms. The van der Waals surface area contributed by atoms with Crippen LogP contribution in [0.25, 0.3) is 0 Å². The number of likely N-dealkylation sites (tertiary alicyclic amines) is 1. The Labute approximate surface area is 183 Å². The Balaban J connectivity index is 1.31. The Hall–Kier alpha value is -2.60. The van der Waals surface area contributed by atoms with Crippen LogP contribution in [0.5, 0.6) is 11.5 Å². The number of carbonyl (C=O) groups is 1. The molecule has 1 amide bonds. The minimum Gasteiger partial charge on any atom is -0.493 e. The molecule has 4 heterocycles. The second-order valence-corrected chi connectivity index (χ2v) is 8.83. The van der Waals surface area contributed by atoms with Crippen molar-refractivity contribution in [1.29, 1.82) is 0 Å². The summed E-state index contributed by atoms with van der Waals surface area (Å²) in [5.41, 5.74) is 1.91. The van der Waals surface area contributed by atoms with Crippen molar-refractivity contribution >= 4 is 5.91 Å². The number of nitrogens with zero attached hydrogens (tertiary/aromatic N) is 2. The average Bonchev–Trinajstić information content (AvgIpc) is 2.83. The fraction of sp³-hybridized carbons (Fsp3) is 0.520. The van der Waals surface area contributed by atoms with Gasteiger partial charge in [0.15, 0.2) is 11.5 Å². The molecule has 1 spiro atoms. The fourth-order valence-corrected chi connectivity index (χ4v) is 5.50. The van der Waals surface area contributed by atoms with Crippen molar-refractivity contribution in [3.8, 4) is 11.5 Å². The minimum atomic E-state index is -0.299. The molecule has 2 atom stereocenters. The molecule has 2 aromatic rings. The number of amides is 1. The van der Waals surface area contributed by atoms with Crippen LogP contribution in [0.4, 0.5) is 0 Å². The molecule has 2 saturated heterocycles. The van der Waals surface area contributed by atoms with Crippen molar-refractivity contribution < 1.29 is 19.0 Å². The highest BCUT2D eigenvalue weighted by Gasteiger charge is 2.53. The van der Waals surface area contributed by atoms with E-state index in [0.717, 1.165) is 74.4 Å². The van der Waals surface area contributed by atoms with Gasteiger partial charge in [-0.1, -0.05) is 18.2 Å². The van der Waals surface area contributed by atoms with Gasteiger partial charge in [-0.2, -0.15) is 0 Å². The highest BCUT2D eigenvalue weighted by atomic mass is 16.5. The van der Waals surface area contributed by atoms with E-state index in [9.17, 15) is 4.79 Å². The maximum Gasteiger partial charge on any atom is 0.222 e. The van der Waals surface area contributed by atoms with E-state index in [-0.39, 0.29) is 17.6 Å². The number of benzene rings is 1. The predicted octanol–water partition coefficient (Wildman–Crippen LogP) is 3.94. The van der Waals surface area contributed by atoms with E-state index in [0.29, 0.717) is 12.3 Å². The quantitative estimate of drug-likeness (QED) is 0.747. The summed E-state index contributed by atoms with van der Waals surface area (Å²) in [6.07, 6.45) is 8.69. The van der Waals surface area contributed by atoms with E-state index in [2.05, 4.69) is 11.1 Å². The molecule has 1 aromatic carbocycles. The van der Waals surface area contributed by atoms with Crippen LogP contribution in [0.15, 0.2) is 42.7 Å². The molecule has 0 aliphatic carbocycles. The smallest absolute Gasteiger partial charge is 0.222 e. The Morgan fingerprint density at radius 2 is 2.13 bits per heavy atom. The highest BCUT2D eigenvalue weighted by molar-refractivity contribution is 5.76. The van der Waals surface area contributed by atoms with Gasteiger partial charge in [-0.3, -0.25) is 9.78 Å².